The monoisotopic (exact) mass is 272 g/mol. The predicted molar refractivity (Wildman–Crippen MR) is 66.8 cm³/mol. The first-order chi connectivity index (χ1) is 7.00. The highest BCUT2D eigenvalue weighted by Gasteiger charge is 2.05. The van der Waals surface area contributed by atoms with E-state index in [1.807, 2.05) is 0 Å². The first-order valence-electron chi connectivity index (χ1n) is 5.19. The van der Waals surface area contributed by atoms with Gasteiger partial charge in [0.25, 0.3) is 0 Å². The van der Waals surface area contributed by atoms with Gasteiger partial charge in [0, 0.05) is 4.47 Å². The van der Waals surface area contributed by atoms with Gasteiger partial charge in [-0.1, -0.05) is 15.9 Å². The number of likely N-dealkylation sites (N-methyl/N-ethyl adjacent to an activating group) is 1. The minimum absolute atomic E-state index is 0.769. The van der Waals surface area contributed by atoms with Crippen LogP contribution in [0.3, 0.4) is 0 Å². The number of halogens is 1. The molecule has 0 aliphatic heterocycles. The second-order valence-electron chi connectivity index (χ2n) is 4.17. The lowest BCUT2D eigenvalue weighted by molar-refractivity contribution is -0.858. The average molecular weight is 273 g/mol. The van der Waals surface area contributed by atoms with Gasteiger partial charge in [0.1, 0.15) is 18.9 Å². The van der Waals surface area contributed by atoms with E-state index >= 15 is 0 Å². The Labute approximate surface area is 100 Å². The molecule has 3 heteroatoms. The summed E-state index contributed by atoms with van der Waals surface area (Å²) in [5.74, 6) is 1.03. The summed E-state index contributed by atoms with van der Waals surface area (Å²) in [5.41, 5.74) is 2.38. The molecule has 0 aliphatic carbocycles. The van der Waals surface area contributed by atoms with Crippen LogP contribution in [-0.4, -0.2) is 27.2 Å². The van der Waals surface area contributed by atoms with Crippen molar-refractivity contribution in [3.05, 3.63) is 27.7 Å². The highest BCUT2D eigenvalue weighted by Crippen LogP contribution is 2.26. The van der Waals surface area contributed by atoms with Crippen LogP contribution in [0.2, 0.25) is 0 Å². The number of nitrogens with one attached hydrogen (secondary N) is 1. The summed E-state index contributed by atoms with van der Waals surface area (Å²) in [6.07, 6.45) is 0. The van der Waals surface area contributed by atoms with Gasteiger partial charge in [-0.2, -0.15) is 0 Å². The predicted octanol–water partition coefficient (Wildman–Crippen LogP) is 1.59. The maximum Gasteiger partial charge on any atom is 0.137 e. The largest absolute Gasteiger partial charge is 0.487 e. The number of hydrogen-bond donors (Lipinski definition) is 1. The van der Waals surface area contributed by atoms with Crippen LogP contribution in [0.5, 0.6) is 5.75 Å². The van der Waals surface area contributed by atoms with Gasteiger partial charge in [0.05, 0.1) is 14.1 Å². The Bertz CT molecular complexity index is 313. The molecule has 0 fully saturated rings. The molecular formula is C12H19BrNO+. The quantitative estimate of drug-likeness (QED) is 0.879. The third-order valence-electron chi connectivity index (χ3n) is 2.27. The van der Waals surface area contributed by atoms with Crippen molar-refractivity contribution in [1.29, 1.82) is 0 Å². The minimum atomic E-state index is 0.769. The van der Waals surface area contributed by atoms with E-state index in [-0.39, 0.29) is 0 Å². The van der Waals surface area contributed by atoms with Gasteiger partial charge >= 0.3 is 0 Å². The Hall–Kier alpha value is -0.540. The van der Waals surface area contributed by atoms with Gasteiger partial charge in [0.15, 0.2) is 0 Å². The zero-order valence-corrected chi connectivity index (χ0v) is 11.4. The van der Waals surface area contributed by atoms with Gasteiger partial charge in [-0.25, -0.2) is 0 Å². The molecule has 0 unspecified atom stereocenters. The molecule has 0 aliphatic rings. The summed E-state index contributed by atoms with van der Waals surface area (Å²) in [6, 6.07) is 4.18. The second-order valence-corrected chi connectivity index (χ2v) is 5.09. The number of benzene rings is 1. The van der Waals surface area contributed by atoms with Crippen LogP contribution in [-0.2, 0) is 0 Å². The molecule has 1 aromatic rings. The van der Waals surface area contributed by atoms with E-state index in [4.69, 9.17) is 4.74 Å². The maximum atomic E-state index is 5.79. The fourth-order valence-electron chi connectivity index (χ4n) is 1.48. The smallest absolute Gasteiger partial charge is 0.137 e. The van der Waals surface area contributed by atoms with Crippen molar-refractivity contribution < 1.29 is 9.64 Å². The van der Waals surface area contributed by atoms with Crippen LogP contribution in [0.15, 0.2) is 16.6 Å². The number of hydrogen-bond acceptors (Lipinski definition) is 1. The van der Waals surface area contributed by atoms with E-state index in [1.165, 1.54) is 16.0 Å². The first-order valence-corrected chi connectivity index (χ1v) is 5.98. The minimum Gasteiger partial charge on any atom is -0.487 e. The average Bonchev–Trinajstić information content (AvgIpc) is 2.08. The molecule has 1 rings (SSSR count). The summed E-state index contributed by atoms with van der Waals surface area (Å²) < 4.78 is 6.91. The molecule has 0 atom stereocenters. The summed E-state index contributed by atoms with van der Waals surface area (Å²) in [4.78, 5) is 1.41. The lowest BCUT2D eigenvalue weighted by Gasteiger charge is -2.13. The molecular weight excluding hydrogens is 254 g/mol. The third kappa shape index (κ3) is 3.84. The van der Waals surface area contributed by atoms with Gasteiger partial charge in [-0.15, -0.1) is 0 Å². The van der Waals surface area contributed by atoms with Crippen LogP contribution in [0.1, 0.15) is 11.1 Å². The molecule has 0 saturated heterocycles. The van der Waals surface area contributed by atoms with Crippen molar-refractivity contribution in [2.75, 3.05) is 27.2 Å². The summed E-state index contributed by atoms with van der Waals surface area (Å²) >= 11 is 3.48. The van der Waals surface area contributed by atoms with E-state index < -0.39 is 0 Å². The molecule has 15 heavy (non-hydrogen) atoms. The summed E-state index contributed by atoms with van der Waals surface area (Å²) in [6.45, 7) is 5.95. The topological polar surface area (TPSA) is 13.7 Å². The Balaban J connectivity index is 2.68. The van der Waals surface area contributed by atoms with Gasteiger partial charge in [-0.05, 0) is 37.1 Å². The maximum absolute atomic E-state index is 5.79. The highest BCUT2D eigenvalue weighted by molar-refractivity contribution is 9.10. The van der Waals surface area contributed by atoms with Crippen molar-refractivity contribution in [3.63, 3.8) is 0 Å². The number of quaternary nitrogens is 1. The Morgan fingerprint density at radius 2 is 1.73 bits per heavy atom. The second kappa shape index (κ2) is 5.52. The fraction of sp³-hybridized carbons (Fsp3) is 0.500. The number of aryl methyl sites for hydroxylation is 2. The number of rotatable bonds is 4. The fourth-order valence-corrected chi connectivity index (χ4v) is 2.17. The molecule has 0 saturated carbocycles. The van der Waals surface area contributed by atoms with Crippen molar-refractivity contribution in [3.8, 4) is 5.75 Å². The molecule has 0 spiro atoms. The zero-order valence-electron chi connectivity index (χ0n) is 9.86. The van der Waals surface area contributed by atoms with Crippen molar-refractivity contribution in [1.82, 2.24) is 0 Å². The Morgan fingerprint density at radius 1 is 1.20 bits per heavy atom. The molecule has 0 radical (unpaired) electrons. The molecule has 0 amide bonds. The van der Waals surface area contributed by atoms with Gasteiger partial charge < -0.3 is 9.64 Å². The molecule has 84 valence electrons. The molecule has 1 N–H and O–H groups in total. The lowest BCUT2D eigenvalue weighted by atomic mass is 10.1. The highest BCUT2D eigenvalue weighted by atomic mass is 79.9. The van der Waals surface area contributed by atoms with Crippen LogP contribution < -0.4 is 9.64 Å². The Morgan fingerprint density at radius 3 is 2.20 bits per heavy atom. The van der Waals surface area contributed by atoms with Crippen LogP contribution >= 0.6 is 15.9 Å². The van der Waals surface area contributed by atoms with Crippen LogP contribution in [0, 0.1) is 13.8 Å². The third-order valence-corrected chi connectivity index (χ3v) is 2.73. The zero-order chi connectivity index (χ0) is 11.4. The lowest BCUT2D eigenvalue weighted by Crippen LogP contribution is -3.06. The first kappa shape index (κ1) is 12.5. The van der Waals surface area contributed by atoms with Crippen LogP contribution in [0.25, 0.3) is 0 Å². The summed E-state index contributed by atoms with van der Waals surface area (Å²) in [7, 11) is 4.26. The molecule has 0 bridgehead atoms. The number of ether oxygens (including phenoxy) is 1. The van der Waals surface area contributed by atoms with E-state index in [1.54, 1.807) is 0 Å². The standard InChI is InChI=1S/C12H18BrNO/c1-9-7-11(13)8-10(2)12(9)15-6-5-14(3)4/h7-8H,5-6H2,1-4H3/p+1. The van der Waals surface area contributed by atoms with Gasteiger partial charge in [0.2, 0.25) is 0 Å². The van der Waals surface area contributed by atoms with Gasteiger partial charge in [-0.3, -0.25) is 0 Å². The summed E-state index contributed by atoms with van der Waals surface area (Å²) in [5, 5.41) is 0. The van der Waals surface area contributed by atoms with E-state index in [0.717, 1.165) is 23.4 Å². The molecule has 1 aromatic carbocycles. The molecule has 0 heterocycles. The van der Waals surface area contributed by atoms with E-state index in [0.29, 0.717) is 0 Å². The normalized spacial score (nSPS) is 10.8. The Kier molecular flexibility index (Phi) is 4.61. The van der Waals surface area contributed by atoms with Crippen molar-refractivity contribution >= 4 is 15.9 Å². The van der Waals surface area contributed by atoms with Crippen molar-refractivity contribution in [2.45, 2.75) is 13.8 Å². The van der Waals surface area contributed by atoms with E-state index in [2.05, 4.69) is 56.0 Å². The SMILES string of the molecule is Cc1cc(Br)cc(C)c1OCC[NH+](C)C. The van der Waals surface area contributed by atoms with Crippen LogP contribution in [0.4, 0.5) is 0 Å². The molecule has 2 nitrogen and oxygen atoms in total. The molecule has 0 aromatic heterocycles. The van der Waals surface area contributed by atoms with Crippen molar-refractivity contribution in [2.24, 2.45) is 0 Å². The van der Waals surface area contributed by atoms with E-state index in [9.17, 15) is 0 Å².